The topological polar surface area (TPSA) is 102 Å². The highest BCUT2D eigenvalue weighted by Crippen LogP contribution is 2.34. The van der Waals surface area contributed by atoms with E-state index in [1.165, 1.54) is 0 Å². The SMILES string of the molecule is COc1ccc(OC)c(-c2cc(C(=O)NNC(=O)Nc3ccc(C)cc3)c3ccccc3n2)c1. The molecule has 1 aromatic heterocycles. The van der Waals surface area contributed by atoms with Crippen LogP contribution in [0.3, 0.4) is 0 Å². The van der Waals surface area contributed by atoms with Gasteiger partial charge in [0.25, 0.3) is 5.91 Å². The van der Waals surface area contributed by atoms with Crippen molar-refractivity contribution in [1.29, 1.82) is 0 Å². The minimum absolute atomic E-state index is 0.348. The van der Waals surface area contributed by atoms with E-state index in [9.17, 15) is 9.59 Å². The van der Waals surface area contributed by atoms with Gasteiger partial charge in [0.15, 0.2) is 0 Å². The van der Waals surface area contributed by atoms with Crippen molar-refractivity contribution in [2.45, 2.75) is 6.92 Å². The Hall–Kier alpha value is -4.59. The number of fused-ring (bicyclic) bond motifs is 1. The van der Waals surface area contributed by atoms with E-state index in [0.717, 1.165) is 5.56 Å². The number of benzene rings is 3. The van der Waals surface area contributed by atoms with Gasteiger partial charge in [-0.25, -0.2) is 15.2 Å². The van der Waals surface area contributed by atoms with Gasteiger partial charge in [0.1, 0.15) is 11.5 Å². The Bertz CT molecular complexity index is 1350. The summed E-state index contributed by atoms with van der Waals surface area (Å²) < 4.78 is 10.8. The fourth-order valence-electron chi connectivity index (χ4n) is 3.50. The smallest absolute Gasteiger partial charge is 0.337 e. The second kappa shape index (κ2) is 9.91. The summed E-state index contributed by atoms with van der Waals surface area (Å²) in [6.07, 6.45) is 0. The van der Waals surface area contributed by atoms with Gasteiger partial charge in [0, 0.05) is 16.6 Å². The summed E-state index contributed by atoms with van der Waals surface area (Å²) in [4.78, 5) is 30.1. The second-order valence-corrected chi connectivity index (χ2v) is 7.54. The molecule has 0 aliphatic rings. The third-order valence-corrected chi connectivity index (χ3v) is 5.24. The van der Waals surface area contributed by atoms with Crippen molar-refractivity contribution in [2.24, 2.45) is 0 Å². The van der Waals surface area contributed by atoms with Gasteiger partial charge in [-0.2, -0.15) is 0 Å². The van der Waals surface area contributed by atoms with Crippen LogP contribution < -0.4 is 25.6 Å². The normalized spacial score (nSPS) is 10.4. The van der Waals surface area contributed by atoms with Gasteiger partial charge in [-0.3, -0.25) is 10.2 Å². The summed E-state index contributed by atoms with van der Waals surface area (Å²) in [7, 11) is 3.14. The van der Waals surface area contributed by atoms with Crippen molar-refractivity contribution in [3.8, 4) is 22.8 Å². The lowest BCUT2D eigenvalue weighted by Gasteiger charge is -2.14. The van der Waals surface area contributed by atoms with Gasteiger partial charge in [-0.1, -0.05) is 35.9 Å². The summed E-state index contributed by atoms with van der Waals surface area (Å²) in [5.41, 5.74) is 8.72. The molecule has 0 saturated carbocycles. The van der Waals surface area contributed by atoms with Crippen LogP contribution in [0.25, 0.3) is 22.2 Å². The minimum Gasteiger partial charge on any atom is -0.497 e. The van der Waals surface area contributed by atoms with E-state index in [0.29, 0.717) is 44.9 Å². The summed E-state index contributed by atoms with van der Waals surface area (Å²) in [5.74, 6) is 0.734. The number of urea groups is 1. The number of carbonyl (C=O) groups excluding carboxylic acids is 2. The molecule has 3 N–H and O–H groups in total. The molecule has 0 bridgehead atoms. The van der Waals surface area contributed by atoms with Crippen LogP contribution in [-0.4, -0.2) is 31.1 Å². The standard InChI is InChI=1S/C26H24N4O4/c1-16-8-10-17(11-9-16)27-26(32)30-29-25(31)20-15-23(28-22-7-5-4-6-19(20)22)21-14-18(33-2)12-13-24(21)34-3/h4-15H,1-3H3,(H,29,31)(H2,27,30,32). The number of aryl methyl sites for hydroxylation is 1. The average molecular weight is 457 g/mol. The number of para-hydroxylation sites is 1. The third kappa shape index (κ3) is 4.91. The first kappa shape index (κ1) is 22.6. The highest BCUT2D eigenvalue weighted by molar-refractivity contribution is 6.08. The lowest BCUT2D eigenvalue weighted by atomic mass is 10.0. The number of methoxy groups -OCH3 is 2. The fraction of sp³-hybridized carbons (Fsp3) is 0.115. The Balaban J connectivity index is 1.62. The first-order chi connectivity index (χ1) is 16.5. The van der Waals surface area contributed by atoms with Crippen molar-refractivity contribution in [1.82, 2.24) is 15.8 Å². The molecule has 0 atom stereocenters. The van der Waals surface area contributed by atoms with Crippen LogP contribution in [0.1, 0.15) is 15.9 Å². The number of hydrogen-bond donors (Lipinski definition) is 3. The van der Waals surface area contributed by atoms with Gasteiger partial charge in [0.05, 0.1) is 31.0 Å². The number of pyridine rings is 1. The molecule has 0 aliphatic carbocycles. The molecule has 0 radical (unpaired) electrons. The van der Waals surface area contributed by atoms with Crippen LogP contribution in [-0.2, 0) is 0 Å². The monoisotopic (exact) mass is 456 g/mol. The maximum Gasteiger partial charge on any atom is 0.337 e. The largest absolute Gasteiger partial charge is 0.497 e. The Morgan fingerprint density at radius 3 is 2.35 bits per heavy atom. The van der Waals surface area contributed by atoms with E-state index in [1.807, 2.05) is 37.3 Å². The summed E-state index contributed by atoms with van der Waals surface area (Å²) in [5, 5.41) is 3.32. The number of nitrogens with zero attached hydrogens (tertiary/aromatic N) is 1. The number of rotatable bonds is 5. The van der Waals surface area contributed by atoms with Crippen molar-refractivity contribution in [3.63, 3.8) is 0 Å². The van der Waals surface area contributed by atoms with Crippen LogP contribution in [0.4, 0.5) is 10.5 Å². The van der Waals surface area contributed by atoms with Gasteiger partial charge in [-0.15, -0.1) is 0 Å². The Morgan fingerprint density at radius 1 is 0.853 bits per heavy atom. The van der Waals surface area contributed by atoms with E-state index >= 15 is 0 Å². The molecule has 3 amide bonds. The van der Waals surface area contributed by atoms with E-state index in [1.54, 1.807) is 56.7 Å². The Kier molecular flexibility index (Phi) is 6.59. The van der Waals surface area contributed by atoms with Gasteiger partial charge in [0.2, 0.25) is 0 Å². The van der Waals surface area contributed by atoms with Crippen LogP contribution in [0, 0.1) is 6.92 Å². The van der Waals surface area contributed by atoms with Crippen molar-refractivity contribution < 1.29 is 19.1 Å². The molecule has 3 aromatic carbocycles. The highest BCUT2D eigenvalue weighted by Gasteiger charge is 2.17. The number of anilines is 1. The molecule has 8 nitrogen and oxygen atoms in total. The molecular weight excluding hydrogens is 432 g/mol. The van der Waals surface area contributed by atoms with Crippen LogP contribution in [0.15, 0.2) is 72.8 Å². The lowest BCUT2D eigenvalue weighted by molar-refractivity contribution is 0.0939. The highest BCUT2D eigenvalue weighted by atomic mass is 16.5. The minimum atomic E-state index is -0.565. The molecule has 34 heavy (non-hydrogen) atoms. The third-order valence-electron chi connectivity index (χ3n) is 5.24. The predicted octanol–water partition coefficient (Wildman–Crippen LogP) is 4.69. The number of amides is 3. The molecule has 0 unspecified atom stereocenters. The average Bonchev–Trinajstić information content (AvgIpc) is 2.87. The number of hydrazine groups is 1. The number of carbonyl (C=O) groups is 2. The van der Waals surface area contributed by atoms with E-state index in [2.05, 4.69) is 16.2 Å². The van der Waals surface area contributed by atoms with Gasteiger partial charge in [-0.05, 0) is 49.4 Å². The summed E-state index contributed by atoms with van der Waals surface area (Å²) >= 11 is 0. The van der Waals surface area contributed by atoms with Crippen molar-refractivity contribution in [3.05, 3.63) is 83.9 Å². The molecule has 0 aliphatic heterocycles. The molecule has 4 aromatic rings. The second-order valence-electron chi connectivity index (χ2n) is 7.54. The molecule has 0 fully saturated rings. The van der Waals surface area contributed by atoms with E-state index in [4.69, 9.17) is 14.5 Å². The summed E-state index contributed by atoms with van der Waals surface area (Å²) in [6, 6.07) is 21.1. The van der Waals surface area contributed by atoms with Gasteiger partial charge < -0.3 is 14.8 Å². The quantitative estimate of drug-likeness (QED) is 0.378. The number of hydrogen-bond acceptors (Lipinski definition) is 5. The van der Waals surface area contributed by atoms with Crippen LogP contribution >= 0.6 is 0 Å². The lowest BCUT2D eigenvalue weighted by Crippen LogP contribution is -2.44. The van der Waals surface area contributed by atoms with Gasteiger partial charge >= 0.3 is 6.03 Å². The Morgan fingerprint density at radius 2 is 1.62 bits per heavy atom. The van der Waals surface area contributed by atoms with E-state index in [-0.39, 0.29) is 0 Å². The zero-order valence-corrected chi connectivity index (χ0v) is 19.0. The summed E-state index contributed by atoms with van der Waals surface area (Å²) in [6.45, 7) is 1.96. The predicted molar refractivity (Wildman–Crippen MR) is 131 cm³/mol. The molecule has 172 valence electrons. The molecule has 4 rings (SSSR count). The van der Waals surface area contributed by atoms with E-state index < -0.39 is 11.9 Å². The fourth-order valence-corrected chi connectivity index (χ4v) is 3.50. The Labute approximate surface area is 196 Å². The maximum absolute atomic E-state index is 13.1. The first-order valence-corrected chi connectivity index (χ1v) is 10.5. The number of aromatic nitrogens is 1. The zero-order chi connectivity index (χ0) is 24.1. The van der Waals surface area contributed by atoms with Crippen LogP contribution in [0.5, 0.6) is 11.5 Å². The molecule has 0 spiro atoms. The number of ether oxygens (including phenoxy) is 2. The molecule has 0 saturated heterocycles. The first-order valence-electron chi connectivity index (χ1n) is 10.5. The molecular formula is C26H24N4O4. The van der Waals surface area contributed by atoms with Crippen molar-refractivity contribution in [2.75, 3.05) is 19.5 Å². The number of nitrogens with one attached hydrogen (secondary N) is 3. The van der Waals surface area contributed by atoms with Crippen LogP contribution in [0.2, 0.25) is 0 Å². The van der Waals surface area contributed by atoms with Crippen molar-refractivity contribution >= 4 is 28.5 Å². The zero-order valence-electron chi connectivity index (χ0n) is 19.0. The molecule has 8 heteroatoms. The maximum atomic E-state index is 13.1. The molecule has 1 heterocycles.